The number of fused-ring (bicyclic) bond motifs is 1. The van der Waals surface area contributed by atoms with Crippen molar-refractivity contribution in [1.29, 1.82) is 0 Å². The number of aryl methyl sites for hydroxylation is 1. The van der Waals surface area contributed by atoms with E-state index in [0.717, 1.165) is 32.2 Å². The molecular formula is C29H37ClN6O5. The molecule has 3 N–H and O–H groups in total. The number of likely N-dealkylation sites (N-methyl/N-ethyl adjacent to an activating group) is 1. The molecule has 11 nitrogen and oxygen atoms in total. The molecule has 41 heavy (non-hydrogen) atoms. The number of likely N-dealkylation sites (tertiary alicyclic amines) is 1. The van der Waals surface area contributed by atoms with E-state index in [1.54, 1.807) is 0 Å². The van der Waals surface area contributed by atoms with Gasteiger partial charge in [-0.25, -0.2) is 9.78 Å². The van der Waals surface area contributed by atoms with Crippen molar-refractivity contribution in [2.75, 3.05) is 26.1 Å². The van der Waals surface area contributed by atoms with Crippen molar-refractivity contribution in [3.8, 4) is 18.2 Å². The lowest BCUT2D eigenvalue weighted by molar-refractivity contribution is -0.129. The van der Waals surface area contributed by atoms with Gasteiger partial charge in [0, 0.05) is 30.6 Å². The van der Waals surface area contributed by atoms with Gasteiger partial charge in [0.25, 0.3) is 0 Å². The van der Waals surface area contributed by atoms with E-state index in [2.05, 4.69) is 20.8 Å². The third-order valence-corrected chi connectivity index (χ3v) is 9.47. The molecule has 1 unspecified atom stereocenters. The number of hydrogen-bond acceptors (Lipinski definition) is 9. The number of hydrogen-bond donors (Lipinski definition) is 2. The first-order valence-corrected chi connectivity index (χ1v) is 14.8. The molecule has 2 aromatic rings. The number of ether oxygens (including phenoxy) is 1. The Balaban J connectivity index is 1.68. The first-order valence-electron chi connectivity index (χ1n) is 14.2. The zero-order valence-corrected chi connectivity index (χ0v) is 24.3. The van der Waals surface area contributed by atoms with Gasteiger partial charge in [-0.15, -0.1) is 18.0 Å². The number of rotatable bonds is 8. The number of terminal acetylenes is 1. The fourth-order valence-electron chi connectivity index (χ4n) is 6.74. The minimum Gasteiger partial charge on any atom is -0.458 e. The Labute approximate surface area is 243 Å². The van der Waals surface area contributed by atoms with Gasteiger partial charge in [-0.05, 0) is 58.5 Å². The molecule has 0 aromatic carbocycles. The topological polar surface area (TPSA) is 146 Å². The number of aliphatic hydroxyl groups is 1. The van der Waals surface area contributed by atoms with Crippen LogP contribution in [0, 0.1) is 17.8 Å². The van der Waals surface area contributed by atoms with Gasteiger partial charge in [0.05, 0.1) is 24.1 Å². The maximum absolute atomic E-state index is 14.1. The van der Waals surface area contributed by atoms with Gasteiger partial charge in [0.2, 0.25) is 17.5 Å². The molecule has 3 aliphatic rings. The van der Waals surface area contributed by atoms with Crippen molar-refractivity contribution in [2.45, 2.75) is 76.0 Å². The van der Waals surface area contributed by atoms with Gasteiger partial charge in [-0.3, -0.25) is 23.6 Å². The first-order chi connectivity index (χ1) is 19.7. The zero-order valence-electron chi connectivity index (χ0n) is 23.6. The SMILES string of the molecule is C#C[C@H](Oc1nc(C(=O)C2=C(N)[C@]3(CCCCC3=O)CCC2)nc2c1n(C)c(=O)n2C(CO)CCl)[C@@H]1CCCN1C. The first kappa shape index (κ1) is 29.3. The average molecular weight is 585 g/mol. The molecule has 2 aromatic heterocycles. The fourth-order valence-corrected chi connectivity index (χ4v) is 6.98. The maximum atomic E-state index is 14.1. The lowest BCUT2D eigenvalue weighted by Crippen LogP contribution is -2.42. The number of aliphatic hydroxyl groups excluding tert-OH is 1. The highest BCUT2D eigenvalue weighted by molar-refractivity contribution is 6.18. The zero-order chi connectivity index (χ0) is 29.5. The fraction of sp³-hybridized carbons (Fsp3) is 0.621. The lowest BCUT2D eigenvalue weighted by Gasteiger charge is -2.40. The third-order valence-electron chi connectivity index (χ3n) is 9.11. The molecule has 4 atom stereocenters. The summed E-state index contributed by atoms with van der Waals surface area (Å²) in [7, 11) is 3.50. The Morgan fingerprint density at radius 1 is 1.22 bits per heavy atom. The summed E-state index contributed by atoms with van der Waals surface area (Å²) in [5.74, 6) is 1.97. The summed E-state index contributed by atoms with van der Waals surface area (Å²) >= 11 is 6.11. The van der Waals surface area contributed by atoms with Crippen LogP contribution in [0.2, 0.25) is 0 Å². The number of carbonyl (C=O) groups is 2. The van der Waals surface area contributed by atoms with Crippen LogP contribution in [0.5, 0.6) is 5.88 Å². The van der Waals surface area contributed by atoms with Gasteiger partial charge in [0.1, 0.15) is 5.78 Å². The molecular weight excluding hydrogens is 548 g/mol. The molecule has 0 bridgehead atoms. The van der Waals surface area contributed by atoms with Crippen molar-refractivity contribution in [1.82, 2.24) is 24.0 Å². The van der Waals surface area contributed by atoms with Gasteiger partial charge in [0.15, 0.2) is 17.3 Å². The quantitative estimate of drug-likeness (QED) is 0.270. The Morgan fingerprint density at radius 3 is 2.61 bits per heavy atom. The summed E-state index contributed by atoms with van der Waals surface area (Å²) in [6.07, 6.45) is 11.4. The lowest BCUT2D eigenvalue weighted by atomic mass is 9.64. The second-order valence-corrected chi connectivity index (χ2v) is 11.7. The minimum absolute atomic E-state index is 0.00958. The molecule has 2 fully saturated rings. The monoisotopic (exact) mass is 584 g/mol. The third kappa shape index (κ3) is 4.86. The van der Waals surface area contributed by atoms with E-state index in [4.69, 9.17) is 28.5 Å². The van der Waals surface area contributed by atoms with Crippen molar-refractivity contribution in [2.24, 2.45) is 18.2 Å². The Hall–Kier alpha value is -3.20. The van der Waals surface area contributed by atoms with E-state index in [0.29, 0.717) is 43.4 Å². The van der Waals surface area contributed by atoms with Crippen LogP contribution in [0.3, 0.4) is 0 Å². The summed E-state index contributed by atoms with van der Waals surface area (Å²) in [5.41, 5.74) is 6.26. The molecule has 5 rings (SSSR count). The number of aromatic nitrogens is 4. The number of nitrogens with zero attached hydrogens (tertiary/aromatic N) is 5. The molecule has 0 radical (unpaired) electrons. The number of nitrogens with two attached hydrogens (primary N) is 1. The molecule has 0 amide bonds. The summed E-state index contributed by atoms with van der Waals surface area (Å²) in [4.78, 5) is 51.7. The second kappa shape index (κ2) is 11.6. The molecule has 1 spiro atoms. The molecule has 1 saturated carbocycles. The van der Waals surface area contributed by atoms with Crippen LogP contribution in [0.25, 0.3) is 11.2 Å². The Morgan fingerprint density at radius 2 is 1.98 bits per heavy atom. The molecule has 12 heteroatoms. The normalized spacial score (nSPS) is 25.0. The van der Waals surface area contributed by atoms with Crippen LogP contribution in [-0.2, 0) is 11.8 Å². The van der Waals surface area contributed by atoms with E-state index in [1.807, 2.05) is 7.05 Å². The highest BCUT2D eigenvalue weighted by Gasteiger charge is 2.46. The van der Waals surface area contributed by atoms with Crippen LogP contribution in [0.15, 0.2) is 16.1 Å². The van der Waals surface area contributed by atoms with Gasteiger partial charge >= 0.3 is 5.69 Å². The molecule has 2 aliphatic carbocycles. The van der Waals surface area contributed by atoms with Crippen LogP contribution < -0.4 is 16.2 Å². The van der Waals surface area contributed by atoms with Crippen molar-refractivity contribution in [3.05, 3.63) is 27.6 Å². The number of halogens is 1. The van der Waals surface area contributed by atoms with E-state index in [9.17, 15) is 19.5 Å². The van der Waals surface area contributed by atoms with Crippen LogP contribution in [0.4, 0.5) is 0 Å². The smallest absolute Gasteiger partial charge is 0.330 e. The van der Waals surface area contributed by atoms with E-state index in [-0.39, 0.29) is 40.6 Å². The Kier molecular flexibility index (Phi) is 8.28. The van der Waals surface area contributed by atoms with Crippen LogP contribution in [-0.4, -0.2) is 78.9 Å². The van der Waals surface area contributed by atoms with E-state index >= 15 is 0 Å². The second-order valence-electron chi connectivity index (χ2n) is 11.4. The van der Waals surface area contributed by atoms with E-state index < -0.39 is 35.6 Å². The van der Waals surface area contributed by atoms with Crippen LogP contribution in [0.1, 0.15) is 74.4 Å². The van der Waals surface area contributed by atoms with Gasteiger partial charge < -0.3 is 15.6 Å². The summed E-state index contributed by atoms with van der Waals surface area (Å²) < 4.78 is 8.87. The summed E-state index contributed by atoms with van der Waals surface area (Å²) in [6.45, 7) is 0.445. The maximum Gasteiger partial charge on any atom is 0.330 e. The van der Waals surface area contributed by atoms with Crippen molar-refractivity contribution in [3.63, 3.8) is 0 Å². The van der Waals surface area contributed by atoms with Crippen molar-refractivity contribution >= 4 is 34.3 Å². The summed E-state index contributed by atoms with van der Waals surface area (Å²) in [5, 5.41) is 10.00. The molecule has 1 aliphatic heterocycles. The number of imidazole rings is 1. The van der Waals surface area contributed by atoms with Gasteiger partial charge in [-0.2, -0.15) is 4.98 Å². The average Bonchev–Trinajstić information content (AvgIpc) is 3.51. The standard InChI is InChI=1S/C29H37ClN6O5/c1-4-20(19-10-8-14-34(19)2)41-27-22-26(36(17(15-30)16-37)28(40)35(22)3)32-25(33-27)23(39)18-9-7-13-29(24(18)31)12-6-5-11-21(29)38/h1,17,19-20,37H,5-16,31H2,2-3H3/t17?,19-,20-,29+/m0/s1. The van der Waals surface area contributed by atoms with E-state index in [1.165, 1.54) is 16.2 Å². The summed E-state index contributed by atoms with van der Waals surface area (Å²) in [6, 6.07) is -0.879. The number of allylic oxidation sites excluding steroid dienone is 2. The van der Waals surface area contributed by atoms with Gasteiger partial charge in [-0.1, -0.05) is 12.3 Å². The highest BCUT2D eigenvalue weighted by atomic mass is 35.5. The predicted molar refractivity (Wildman–Crippen MR) is 154 cm³/mol. The number of ketones is 2. The molecule has 220 valence electrons. The minimum atomic E-state index is -0.831. The van der Waals surface area contributed by atoms with Crippen molar-refractivity contribution < 1.29 is 19.4 Å². The highest BCUT2D eigenvalue weighted by Crippen LogP contribution is 2.47. The Bertz CT molecular complexity index is 1500. The molecule has 1 saturated heterocycles. The number of alkyl halides is 1. The number of carbonyl (C=O) groups excluding carboxylic acids is 2. The largest absolute Gasteiger partial charge is 0.458 e. The molecule has 3 heterocycles. The predicted octanol–water partition coefficient (Wildman–Crippen LogP) is 2.09. The number of Topliss-reactive ketones (excluding diaryl/α,β-unsaturated/α-hetero) is 2. The van der Waals surface area contributed by atoms with Crippen LogP contribution >= 0.6 is 11.6 Å².